The van der Waals surface area contributed by atoms with E-state index in [0.717, 1.165) is 36.1 Å². The Labute approximate surface area is 249 Å². The van der Waals surface area contributed by atoms with Crippen LogP contribution in [0, 0.1) is 0 Å². The van der Waals surface area contributed by atoms with Crippen LogP contribution in [0.2, 0.25) is 0 Å². The van der Waals surface area contributed by atoms with Crippen LogP contribution in [-0.4, -0.2) is 56.5 Å². The molecule has 2 N–H and O–H groups in total. The SMILES string of the molecule is CC(C)(C)OC(=O)[C@@H]1CCCN1C[C@H]1C[C@@H](c2ccc(CO)cc2)O[C@@H](c2ccc(NC(=O)C(Cl)(Cl)Cl)cc2)O1. The number of carbonyl (C=O) groups is 2. The van der Waals surface area contributed by atoms with Gasteiger partial charge < -0.3 is 24.6 Å². The van der Waals surface area contributed by atoms with Crippen molar-refractivity contribution in [3.63, 3.8) is 0 Å². The van der Waals surface area contributed by atoms with Crippen molar-refractivity contribution in [3.8, 4) is 0 Å². The molecule has 2 aliphatic rings. The molecule has 2 aliphatic heterocycles. The zero-order chi connectivity index (χ0) is 29.1. The zero-order valence-corrected chi connectivity index (χ0v) is 25.0. The fourth-order valence-corrected chi connectivity index (χ4v) is 5.04. The molecule has 40 heavy (non-hydrogen) atoms. The number of hydrogen-bond donors (Lipinski definition) is 2. The highest BCUT2D eigenvalue weighted by Crippen LogP contribution is 2.39. The maximum atomic E-state index is 12.9. The van der Waals surface area contributed by atoms with E-state index in [1.807, 2.05) is 45.0 Å². The lowest BCUT2D eigenvalue weighted by molar-refractivity contribution is -0.253. The van der Waals surface area contributed by atoms with Crippen LogP contribution in [0.1, 0.15) is 69.1 Å². The summed E-state index contributed by atoms with van der Waals surface area (Å²) in [6.07, 6.45) is 1.04. The number of carbonyl (C=O) groups excluding carboxylic acids is 2. The molecule has 2 aromatic rings. The number of ether oxygens (including phenoxy) is 3. The maximum Gasteiger partial charge on any atom is 0.323 e. The number of aliphatic hydroxyl groups is 1. The number of esters is 1. The Bertz CT molecular complexity index is 1160. The molecule has 0 aliphatic carbocycles. The van der Waals surface area contributed by atoms with Crippen LogP contribution >= 0.6 is 34.8 Å². The molecule has 4 atom stereocenters. The summed E-state index contributed by atoms with van der Waals surface area (Å²) in [4.78, 5) is 27.1. The van der Waals surface area contributed by atoms with E-state index in [1.54, 1.807) is 24.3 Å². The van der Waals surface area contributed by atoms with Gasteiger partial charge in [-0.25, -0.2) is 0 Å². The Kier molecular flexibility index (Phi) is 10.0. The zero-order valence-electron chi connectivity index (χ0n) is 22.7. The predicted octanol–water partition coefficient (Wildman–Crippen LogP) is 5.84. The van der Waals surface area contributed by atoms with Crippen LogP contribution in [0.5, 0.6) is 0 Å². The fraction of sp³-hybridized carbons (Fsp3) is 0.517. The number of likely N-dealkylation sites (tertiary alicyclic amines) is 1. The summed E-state index contributed by atoms with van der Waals surface area (Å²) in [5.41, 5.74) is 2.43. The van der Waals surface area contributed by atoms with Gasteiger partial charge in [0, 0.05) is 24.2 Å². The van der Waals surface area contributed by atoms with Crippen LogP contribution < -0.4 is 5.32 Å². The molecule has 4 rings (SSSR count). The normalized spacial score (nSPS) is 24.1. The largest absolute Gasteiger partial charge is 0.459 e. The molecule has 1 amide bonds. The standard InChI is InChI=1S/C29H35Cl3N2O6/c1-28(2,3)40-25(36)23-5-4-14-34(23)16-22-15-24(19-8-6-18(17-35)7-9-19)39-26(38-22)20-10-12-21(13-11-20)33-27(37)29(30,31)32/h6-13,22-24,26,35H,4-5,14-17H2,1-3H3,(H,33,37)/t22-,23+,24+,26+/m1/s1. The van der Waals surface area contributed by atoms with Gasteiger partial charge in [-0.15, -0.1) is 0 Å². The molecular weight excluding hydrogens is 579 g/mol. The Hall–Kier alpha value is -1.91. The summed E-state index contributed by atoms with van der Waals surface area (Å²) in [6, 6.07) is 14.3. The highest BCUT2D eigenvalue weighted by molar-refractivity contribution is 6.76. The maximum absolute atomic E-state index is 12.9. The smallest absolute Gasteiger partial charge is 0.323 e. The average molecular weight is 614 g/mol. The lowest BCUT2D eigenvalue weighted by atomic mass is 9.99. The van der Waals surface area contributed by atoms with Gasteiger partial charge in [-0.05, 0) is 63.4 Å². The van der Waals surface area contributed by atoms with E-state index >= 15 is 0 Å². The quantitative estimate of drug-likeness (QED) is 0.299. The van der Waals surface area contributed by atoms with Gasteiger partial charge in [-0.1, -0.05) is 71.2 Å². The number of aliphatic hydroxyl groups excluding tert-OH is 1. The van der Waals surface area contributed by atoms with E-state index in [4.69, 9.17) is 49.0 Å². The average Bonchev–Trinajstić information content (AvgIpc) is 3.36. The predicted molar refractivity (Wildman–Crippen MR) is 154 cm³/mol. The molecule has 2 fully saturated rings. The minimum atomic E-state index is -2.08. The summed E-state index contributed by atoms with van der Waals surface area (Å²) in [6.45, 7) is 6.91. The number of amides is 1. The molecule has 8 nitrogen and oxygen atoms in total. The van der Waals surface area contributed by atoms with Gasteiger partial charge in [0.2, 0.25) is 0 Å². The Balaban J connectivity index is 1.52. The molecule has 218 valence electrons. The number of halogens is 3. The molecular formula is C29H35Cl3N2O6. The van der Waals surface area contributed by atoms with E-state index in [2.05, 4.69) is 10.2 Å². The minimum absolute atomic E-state index is 0.0393. The first-order chi connectivity index (χ1) is 18.8. The van der Waals surface area contributed by atoms with Gasteiger partial charge in [0.1, 0.15) is 11.6 Å². The van der Waals surface area contributed by atoms with Gasteiger partial charge >= 0.3 is 5.97 Å². The van der Waals surface area contributed by atoms with Crippen LogP contribution in [-0.2, 0) is 30.4 Å². The summed E-state index contributed by atoms with van der Waals surface area (Å²) >= 11 is 17.0. The number of nitrogens with zero attached hydrogens (tertiary/aromatic N) is 1. The lowest BCUT2D eigenvalue weighted by Gasteiger charge is -2.38. The first-order valence-electron chi connectivity index (χ1n) is 13.3. The van der Waals surface area contributed by atoms with Gasteiger partial charge in [0.15, 0.2) is 6.29 Å². The van der Waals surface area contributed by atoms with Gasteiger partial charge in [0.05, 0.1) is 18.8 Å². The topological polar surface area (TPSA) is 97.3 Å². The Morgan fingerprint density at radius 2 is 1.68 bits per heavy atom. The summed E-state index contributed by atoms with van der Waals surface area (Å²) < 4.78 is 16.4. The molecule has 0 unspecified atom stereocenters. The van der Waals surface area contributed by atoms with E-state index in [9.17, 15) is 14.7 Å². The third-order valence-corrected chi connectivity index (χ3v) is 7.31. The van der Waals surface area contributed by atoms with Crippen molar-refractivity contribution >= 4 is 52.4 Å². The van der Waals surface area contributed by atoms with E-state index in [0.29, 0.717) is 18.7 Å². The number of rotatable bonds is 7. The van der Waals surface area contributed by atoms with E-state index in [-0.39, 0.29) is 30.8 Å². The highest BCUT2D eigenvalue weighted by Gasteiger charge is 2.39. The molecule has 0 radical (unpaired) electrons. The third kappa shape index (κ3) is 8.32. The fourth-order valence-electron chi connectivity index (χ4n) is 4.90. The second kappa shape index (κ2) is 12.9. The molecule has 0 spiro atoms. The Morgan fingerprint density at radius 1 is 1.02 bits per heavy atom. The van der Waals surface area contributed by atoms with Crippen LogP contribution in [0.15, 0.2) is 48.5 Å². The first-order valence-corrected chi connectivity index (χ1v) is 14.4. The van der Waals surface area contributed by atoms with Crippen LogP contribution in [0.3, 0.4) is 0 Å². The van der Waals surface area contributed by atoms with Crippen LogP contribution in [0.4, 0.5) is 5.69 Å². The molecule has 0 aromatic heterocycles. The van der Waals surface area contributed by atoms with Crippen molar-refractivity contribution in [3.05, 3.63) is 65.2 Å². The second-order valence-electron chi connectivity index (χ2n) is 11.1. The second-order valence-corrected chi connectivity index (χ2v) is 13.4. The number of benzene rings is 2. The van der Waals surface area contributed by atoms with Crippen LogP contribution in [0.25, 0.3) is 0 Å². The van der Waals surface area contributed by atoms with E-state index in [1.165, 1.54) is 0 Å². The van der Waals surface area contributed by atoms with Crippen molar-refractivity contribution < 1.29 is 28.9 Å². The summed E-state index contributed by atoms with van der Waals surface area (Å²) in [5.74, 6) is -0.968. The van der Waals surface area contributed by atoms with Crippen molar-refractivity contribution in [2.75, 3.05) is 18.4 Å². The first kappa shape index (κ1) is 31.0. The van der Waals surface area contributed by atoms with Gasteiger partial charge in [0.25, 0.3) is 9.70 Å². The molecule has 11 heteroatoms. The number of anilines is 1. The third-order valence-electron chi connectivity index (χ3n) is 6.79. The van der Waals surface area contributed by atoms with Crippen molar-refractivity contribution in [2.24, 2.45) is 0 Å². The number of hydrogen-bond acceptors (Lipinski definition) is 7. The summed E-state index contributed by atoms with van der Waals surface area (Å²) in [5, 5.41) is 12.0. The minimum Gasteiger partial charge on any atom is -0.459 e. The Morgan fingerprint density at radius 3 is 2.27 bits per heavy atom. The monoisotopic (exact) mass is 612 g/mol. The van der Waals surface area contributed by atoms with E-state index < -0.39 is 21.6 Å². The van der Waals surface area contributed by atoms with Gasteiger partial charge in [-0.2, -0.15) is 0 Å². The summed E-state index contributed by atoms with van der Waals surface area (Å²) in [7, 11) is 0. The number of nitrogens with one attached hydrogen (secondary N) is 1. The number of alkyl halides is 3. The lowest BCUT2D eigenvalue weighted by Crippen LogP contribution is -2.45. The van der Waals surface area contributed by atoms with Crippen molar-refractivity contribution in [1.29, 1.82) is 0 Å². The molecule has 0 bridgehead atoms. The highest BCUT2D eigenvalue weighted by atomic mass is 35.6. The van der Waals surface area contributed by atoms with Crippen molar-refractivity contribution in [1.82, 2.24) is 4.90 Å². The molecule has 0 saturated carbocycles. The van der Waals surface area contributed by atoms with Crippen molar-refractivity contribution in [2.45, 2.75) is 80.6 Å². The molecule has 2 saturated heterocycles. The van der Waals surface area contributed by atoms with Gasteiger partial charge in [-0.3, -0.25) is 14.5 Å². The molecule has 2 aromatic carbocycles. The molecule has 2 heterocycles.